The number of hydrogen-bond acceptors (Lipinski definition) is 11. The molecule has 11 nitrogen and oxygen atoms in total. The first-order valence-corrected chi connectivity index (χ1v) is 7.05. The van der Waals surface area contributed by atoms with Crippen molar-refractivity contribution in [3.8, 4) is 0 Å². The number of ether oxygens (including phenoxy) is 3. The third-order valence-corrected chi connectivity index (χ3v) is 4.07. The topological polar surface area (TPSA) is 190 Å². The lowest BCUT2D eigenvalue weighted by atomic mass is 9.99. The molecule has 2 aliphatic rings. The molecule has 2 fully saturated rings. The molecule has 0 saturated carbocycles. The summed E-state index contributed by atoms with van der Waals surface area (Å²) in [7, 11) is 0. The Balaban J connectivity index is 2.18. The second-order valence-electron chi connectivity index (χ2n) is 5.56. The first-order valence-electron chi connectivity index (χ1n) is 7.05. The lowest BCUT2D eigenvalue weighted by molar-refractivity contribution is -0.383. The van der Waals surface area contributed by atoms with E-state index in [1.165, 1.54) is 0 Å². The van der Waals surface area contributed by atoms with Gasteiger partial charge in [-0.15, -0.1) is 0 Å². The van der Waals surface area contributed by atoms with E-state index in [0.717, 1.165) is 0 Å². The van der Waals surface area contributed by atoms with Crippen molar-refractivity contribution in [2.24, 2.45) is 0 Å². The molecule has 0 aromatic carbocycles. The lowest BCUT2D eigenvalue weighted by Gasteiger charge is -2.43. The van der Waals surface area contributed by atoms with Gasteiger partial charge in [-0.1, -0.05) is 0 Å². The molecule has 8 N–H and O–H groups in total. The summed E-state index contributed by atoms with van der Waals surface area (Å²) in [5.74, 6) is -2.22. The fourth-order valence-corrected chi connectivity index (χ4v) is 2.63. The highest BCUT2D eigenvalue weighted by Crippen LogP contribution is 2.35. The quantitative estimate of drug-likeness (QED) is 0.238. The smallest absolute Gasteiger partial charge is 0.224 e. The Morgan fingerprint density at radius 3 is 1.87 bits per heavy atom. The zero-order chi connectivity index (χ0) is 17.4. The normalized spacial score (nSPS) is 51.1. The highest BCUT2D eigenvalue weighted by molar-refractivity contribution is 4.98. The molecule has 0 amide bonds. The van der Waals surface area contributed by atoms with Gasteiger partial charge in [-0.05, 0) is 0 Å². The molecule has 0 aliphatic carbocycles. The SMILES string of the molecule is OC[C@H]1O[C@H](OC2(CO)O[C@H](CO)[C@@H](O)[C@@H]2O)[C@H](O)[C@@H](O)[C@H]1O. The minimum atomic E-state index is -2.22. The van der Waals surface area contributed by atoms with Crippen molar-refractivity contribution in [2.45, 2.75) is 54.8 Å². The van der Waals surface area contributed by atoms with E-state index >= 15 is 0 Å². The third kappa shape index (κ3) is 3.23. The summed E-state index contributed by atoms with van der Waals surface area (Å²) in [6.45, 7) is -2.32. The Bertz CT molecular complexity index is 393. The van der Waals surface area contributed by atoms with Gasteiger partial charge >= 0.3 is 0 Å². The summed E-state index contributed by atoms with van der Waals surface area (Å²) in [6, 6.07) is 0. The summed E-state index contributed by atoms with van der Waals surface area (Å²) in [5, 5.41) is 76.7. The van der Waals surface area contributed by atoms with Crippen LogP contribution in [0.25, 0.3) is 0 Å². The zero-order valence-corrected chi connectivity index (χ0v) is 12.0. The number of aliphatic hydroxyl groups is 8. The van der Waals surface area contributed by atoms with Gasteiger partial charge in [0, 0.05) is 0 Å². The van der Waals surface area contributed by atoms with Crippen LogP contribution in [0.2, 0.25) is 0 Å². The van der Waals surface area contributed by atoms with Crippen LogP contribution in [-0.4, -0.2) is 115 Å². The van der Waals surface area contributed by atoms with Crippen LogP contribution in [0, 0.1) is 0 Å². The molecule has 0 spiro atoms. The Morgan fingerprint density at radius 2 is 1.39 bits per heavy atom. The van der Waals surface area contributed by atoms with Gasteiger partial charge in [0.2, 0.25) is 5.79 Å². The van der Waals surface area contributed by atoms with Gasteiger partial charge < -0.3 is 55.1 Å². The van der Waals surface area contributed by atoms with E-state index in [0.29, 0.717) is 0 Å². The minimum absolute atomic E-state index is 0.669. The molecule has 2 rings (SSSR count). The molecular formula is C12H22O11. The molecule has 23 heavy (non-hydrogen) atoms. The van der Waals surface area contributed by atoms with E-state index in [1.54, 1.807) is 0 Å². The highest BCUT2D eigenvalue weighted by atomic mass is 16.8. The van der Waals surface area contributed by atoms with E-state index in [2.05, 4.69) is 0 Å². The predicted molar refractivity (Wildman–Crippen MR) is 68.6 cm³/mol. The molecule has 136 valence electrons. The number of rotatable bonds is 5. The average Bonchev–Trinajstić information content (AvgIpc) is 2.80. The molecule has 2 aliphatic heterocycles. The second-order valence-corrected chi connectivity index (χ2v) is 5.56. The van der Waals surface area contributed by atoms with Gasteiger partial charge in [0.05, 0.1) is 13.2 Å². The minimum Gasteiger partial charge on any atom is -0.394 e. The van der Waals surface area contributed by atoms with E-state index in [4.69, 9.17) is 24.4 Å². The van der Waals surface area contributed by atoms with Crippen LogP contribution in [0.3, 0.4) is 0 Å². The van der Waals surface area contributed by atoms with Crippen molar-refractivity contribution < 1.29 is 55.1 Å². The molecule has 2 heterocycles. The standard InChI is InChI=1S/C12H22O11/c13-1-4-6(16)8(18)9(19)11(21-4)23-12(3-15)10(20)7(17)5(2-14)22-12/h4-11,13-20H,1-3H2/t4-,5-,6+,7-,8+,9-,10+,11-,12?/m1/s1. The van der Waals surface area contributed by atoms with Gasteiger partial charge in [-0.25, -0.2) is 0 Å². The fourth-order valence-electron chi connectivity index (χ4n) is 2.63. The molecule has 0 bridgehead atoms. The Hall–Kier alpha value is -0.440. The Kier molecular flexibility index (Phi) is 5.92. The Morgan fingerprint density at radius 1 is 0.783 bits per heavy atom. The molecule has 0 aromatic rings. The van der Waals surface area contributed by atoms with Crippen molar-refractivity contribution in [1.29, 1.82) is 0 Å². The first kappa shape index (κ1) is 18.9. The van der Waals surface area contributed by atoms with Crippen LogP contribution in [0.15, 0.2) is 0 Å². The van der Waals surface area contributed by atoms with Gasteiger partial charge in [-0.3, -0.25) is 0 Å². The molecule has 11 heteroatoms. The monoisotopic (exact) mass is 342 g/mol. The third-order valence-electron chi connectivity index (χ3n) is 4.07. The van der Waals surface area contributed by atoms with Crippen molar-refractivity contribution in [2.75, 3.05) is 19.8 Å². The average molecular weight is 342 g/mol. The van der Waals surface area contributed by atoms with E-state index < -0.39 is 74.6 Å². The van der Waals surface area contributed by atoms with E-state index in [-0.39, 0.29) is 0 Å². The van der Waals surface area contributed by atoms with Crippen molar-refractivity contribution in [1.82, 2.24) is 0 Å². The lowest BCUT2D eigenvalue weighted by Crippen LogP contribution is -2.62. The van der Waals surface area contributed by atoms with E-state index in [1.807, 2.05) is 0 Å². The van der Waals surface area contributed by atoms with Crippen LogP contribution in [0.1, 0.15) is 0 Å². The number of aliphatic hydroxyl groups excluding tert-OH is 8. The van der Waals surface area contributed by atoms with Crippen LogP contribution in [0.4, 0.5) is 0 Å². The number of hydrogen-bond donors (Lipinski definition) is 8. The first-order chi connectivity index (χ1) is 10.8. The van der Waals surface area contributed by atoms with Gasteiger partial charge in [0.15, 0.2) is 6.29 Å². The van der Waals surface area contributed by atoms with Crippen molar-refractivity contribution in [3.05, 3.63) is 0 Å². The summed E-state index contributed by atoms with van der Waals surface area (Å²) in [6.07, 6.45) is -12.7. The van der Waals surface area contributed by atoms with Crippen LogP contribution in [-0.2, 0) is 14.2 Å². The second kappa shape index (κ2) is 7.21. The van der Waals surface area contributed by atoms with Crippen molar-refractivity contribution >= 4 is 0 Å². The maximum atomic E-state index is 10.00. The highest BCUT2D eigenvalue weighted by Gasteiger charge is 2.58. The predicted octanol–water partition coefficient (Wildman–Crippen LogP) is -5.40. The molecule has 9 atom stereocenters. The van der Waals surface area contributed by atoms with Gasteiger partial charge in [0.1, 0.15) is 49.3 Å². The van der Waals surface area contributed by atoms with Gasteiger partial charge in [0.25, 0.3) is 0 Å². The van der Waals surface area contributed by atoms with Crippen LogP contribution < -0.4 is 0 Å². The summed E-state index contributed by atoms with van der Waals surface area (Å²) in [5.41, 5.74) is 0. The largest absolute Gasteiger partial charge is 0.394 e. The van der Waals surface area contributed by atoms with Crippen molar-refractivity contribution in [3.63, 3.8) is 0 Å². The maximum Gasteiger partial charge on any atom is 0.224 e. The van der Waals surface area contributed by atoms with Crippen LogP contribution in [0.5, 0.6) is 0 Å². The Labute approximate surface area is 130 Å². The molecule has 0 aromatic heterocycles. The van der Waals surface area contributed by atoms with Crippen LogP contribution >= 0.6 is 0 Å². The summed E-state index contributed by atoms with van der Waals surface area (Å²) >= 11 is 0. The molecule has 0 radical (unpaired) electrons. The maximum absolute atomic E-state index is 10.00. The van der Waals surface area contributed by atoms with E-state index in [9.17, 15) is 30.6 Å². The summed E-state index contributed by atoms with van der Waals surface area (Å²) in [4.78, 5) is 0. The molecular weight excluding hydrogens is 320 g/mol. The molecule has 2 saturated heterocycles. The zero-order valence-electron chi connectivity index (χ0n) is 12.0. The summed E-state index contributed by atoms with van der Waals surface area (Å²) < 4.78 is 15.4. The fraction of sp³-hybridized carbons (Fsp3) is 1.00. The molecule has 1 unspecified atom stereocenters. The van der Waals surface area contributed by atoms with Gasteiger partial charge in [-0.2, -0.15) is 0 Å².